The lowest BCUT2D eigenvalue weighted by molar-refractivity contribution is -0.151. The van der Waals surface area contributed by atoms with Gasteiger partial charge in [0, 0.05) is 13.2 Å². The monoisotopic (exact) mass is 589 g/mol. The van der Waals surface area contributed by atoms with Gasteiger partial charge in [-0.05, 0) is 73.0 Å². The van der Waals surface area contributed by atoms with Crippen molar-refractivity contribution in [3.63, 3.8) is 0 Å². The molecule has 3 heterocycles. The van der Waals surface area contributed by atoms with Gasteiger partial charge in [0.05, 0.1) is 34.5 Å². The molecule has 2 aromatic rings. The number of anilines is 1. The zero-order valence-electron chi connectivity index (χ0n) is 21.4. The molecule has 9 heteroatoms. The van der Waals surface area contributed by atoms with Crippen LogP contribution in [0.5, 0.6) is 0 Å². The number of carbonyl (C=O) groups excluding carboxylic acids is 3. The second kappa shape index (κ2) is 10.2. The first-order valence-corrected chi connectivity index (χ1v) is 14.3. The normalized spacial score (nSPS) is 27.0. The zero-order valence-corrected chi connectivity index (χ0v) is 23.8. The summed E-state index contributed by atoms with van der Waals surface area (Å²) in [6, 6.07) is 9.92. The summed E-state index contributed by atoms with van der Waals surface area (Å²) in [4.78, 5) is 42.8. The van der Waals surface area contributed by atoms with Gasteiger partial charge < -0.3 is 14.2 Å². The Morgan fingerprint density at radius 2 is 1.92 bits per heavy atom. The Morgan fingerprint density at radius 1 is 1.22 bits per heavy atom. The lowest BCUT2D eigenvalue weighted by Gasteiger charge is -2.40. The highest BCUT2D eigenvalue weighted by atomic mass is 79.9. The van der Waals surface area contributed by atoms with E-state index in [0.29, 0.717) is 36.6 Å². The largest absolute Gasteiger partial charge is 0.469 e. The molecule has 5 rings (SSSR count). The third kappa shape index (κ3) is 4.58. The van der Waals surface area contributed by atoms with Crippen LogP contribution >= 0.6 is 27.3 Å². The lowest BCUT2D eigenvalue weighted by Crippen LogP contribution is -2.53. The molecule has 1 saturated heterocycles. The molecule has 198 valence electrons. The summed E-state index contributed by atoms with van der Waals surface area (Å²) in [5.41, 5.74) is 0.203. The Hall–Kier alpha value is -2.07. The van der Waals surface area contributed by atoms with E-state index in [0.717, 1.165) is 27.8 Å². The number of thiophene rings is 1. The van der Waals surface area contributed by atoms with Crippen molar-refractivity contribution in [1.29, 1.82) is 0 Å². The smallest absolute Gasteiger partial charge is 0.311 e. The molecule has 1 saturated carbocycles. The lowest BCUT2D eigenvalue weighted by atomic mass is 9.72. The van der Waals surface area contributed by atoms with Crippen molar-refractivity contribution >= 4 is 49.9 Å². The van der Waals surface area contributed by atoms with Gasteiger partial charge in [0.1, 0.15) is 16.5 Å². The number of halogens is 1. The van der Waals surface area contributed by atoms with Gasteiger partial charge in [-0.1, -0.05) is 30.3 Å². The maximum atomic E-state index is 14.4. The van der Waals surface area contributed by atoms with Crippen LogP contribution in [-0.2, 0) is 23.8 Å². The number of methoxy groups -OCH3 is 1. The van der Waals surface area contributed by atoms with E-state index in [1.807, 2.05) is 37.3 Å². The first-order chi connectivity index (χ1) is 17.7. The summed E-state index contributed by atoms with van der Waals surface area (Å²) in [6.07, 6.45) is 2.13. The second-order valence-electron chi connectivity index (χ2n) is 10.6. The van der Waals surface area contributed by atoms with E-state index in [1.165, 1.54) is 18.4 Å². The minimum atomic E-state index is -1.29. The van der Waals surface area contributed by atoms with E-state index in [4.69, 9.17) is 14.2 Å². The van der Waals surface area contributed by atoms with Gasteiger partial charge in [-0.25, -0.2) is 0 Å². The maximum absolute atomic E-state index is 14.4. The Labute approximate surface area is 229 Å². The van der Waals surface area contributed by atoms with Crippen molar-refractivity contribution in [3.05, 3.63) is 50.8 Å². The molecule has 7 nitrogen and oxygen atoms in total. The minimum Gasteiger partial charge on any atom is -0.469 e. The highest BCUT2D eigenvalue weighted by Gasteiger charge is 2.62. The van der Waals surface area contributed by atoms with Gasteiger partial charge >= 0.3 is 5.97 Å². The predicted molar refractivity (Wildman–Crippen MR) is 144 cm³/mol. The predicted octanol–water partition coefficient (Wildman–Crippen LogP) is 5.63. The van der Waals surface area contributed by atoms with Crippen molar-refractivity contribution in [1.82, 2.24) is 0 Å². The topological polar surface area (TPSA) is 82.1 Å². The summed E-state index contributed by atoms with van der Waals surface area (Å²) in [7, 11) is 1.35. The van der Waals surface area contributed by atoms with Crippen LogP contribution in [0.4, 0.5) is 5.00 Å². The van der Waals surface area contributed by atoms with Gasteiger partial charge in [-0.3, -0.25) is 19.3 Å². The third-order valence-corrected chi connectivity index (χ3v) is 10.3. The number of ketones is 1. The quantitative estimate of drug-likeness (QED) is 0.320. The van der Waals surface area contributed by atoms with Crippen molar-refractivity contribution in [2.45, 2.75) is 58.2 Å². The van der Waals surface area contributed by atoms with E-state index >= 15 is 0 Å². The summed E-state index contributed by atoms with van der Waals surface area (Å²) >= 11 is 5.01. The highest BCUT2D eigenvalue weighted by Crippen LogP contribution is 2.57. The summed E-state index contributed by atoms with van der Waals surface area (Å²) in [5, 5.41) is 0.646. The molecule has 1 aliphatic carbocycles. The summed E-state index contributed by atoms with van der Waals surface area (Å²) in [5.74, 6) is -0.809. The van der Waals surface area contributed by atoms with E-state index < -0.39 is 10.8 Å². The van der Waals surface area contributed by atoms with Crippen LogP contribution in [0.3, 0.4) is 0 Å². The molecular weight excluding hydrogens is 558 g/mol. The Kier molecular flexibility index (Phi) is 7.35. The SMILES string of the molecule is COC(=O)C1(C)CCC2(C1)C(=O)c1c(sc(Br)c1C)N(CC(OC1CCOCC1)c1ccccc1)C2=O. The molecule has 0 radical (unpaired) electrons. The highest BCUT2D eigenvalue weighted by molar-refractivity contribution is 9.11. The van der Waals surface area contributed by atoms with Crippen LogP contribution in [0.1, 0.15) is 66.6 Å². The Balaban J connectivity index is 1.55. The fraction of sp³-hybridized carbons (Fsp3) is 0.536. The van der Waals surface area contributed by atoms with Crippen molar-refractivity contribution in [2.75, 3.05) is 31.8 Å². The average Bonchev–Trinajstić information content (AvgIpc) is 3.43. The number of benzene rings is 1. The molecule has 1 aromatic heterocycles. The molecule has 1 aromatic carbocycles. The molecule has 2 aliphatic heterocycles. The number of hydrogen-bond acceptors (Lipinski definition) is 7. The molecule has 0 N–H and O–H groups in total. The van der Waals surface area contributed by atoms with E-state index in [2.05, 4.69) is 15.9 Å². The number of fused-ring (bicyclic) bond motifs is 1. The number of amides is 1. The number of nitrogens with zero attached hydrogens (tertiary/aromatic N) is 1. The number of hydrogen-bond donors (Lipinski definition) is 0. The van der Waals surface area contributed by atoms with Gasteiger partial charge in [-0.15, -0.1) is 11.3 Å². The molecule has 3 unspecified atom stereocenters. The van der Waals surface area contributed by atoms with Crippen LogP contribution in [-0.4, -0.2) is 50.6 Å². The van der Waals surface area contributed by atoms with E-state index in [1.54, 1.807) is 11.8 Å². The van der Waals surface area contributed by atoms with Crippen molar-refractivity contribution < 1.29 is 28.6 Å². The number of ether oxygens (including phenoxy) is 3. The molecule has 1 spiro atoms. The zero-order chi connectivity index (χ0) is 26.4. The fourth-order valence-electron chi connectivity index (χ4n) is 6.02. The van der Waals surface area contributed by atoms with Gasteiger partial charge in [0.2, 0.25) is 5.91 Å². The van der Waals surface area contributed by atoms with Crippen LogP contribution in [0.2, 0.25) is 0 Å². The molecule has 3 aliphatic rings. The van der Waals surface area contributed by atoms with Gasteiger partial charge in [-0.2, -0.15) is 0 Å². The van der Waals surface area contributed by atoms with Crippen LogP contribution < -0.4 is 4.90 Å². The van der Waals surface area contributed by atoms with Crippen LogP contribution in [0.15, 0.2) is 34.1 Å². The standard InChI is InChI=1S/C28H32BrNO6S/c1-17-21-22(31)28(12-11-27(2,16-28)26(33)34-3)25(32)30(24(21)37-23(17)29)15-20(18-7-5-4-6-8-18)36-19-9-13-35-14-10-19/h4-8,19-20H,9-16H2,1-3H3. The van der Waals surface area contributed by atoms with E-state index in [9.17, 15) is 14.4 Å². The molecule has 1 amide bonds. The second-order valence-corrected chi connectivity index (χ2v) is 12.9. The third-order valence-electron chi connectivity index (χ3n) is 8.15. The minimum absolute atomic E-state index is 0.0276. The summed E-state index contributed by atoms with van der Waals surface area (Å²) in [6.45, 7) is 5.29. The number of Topliss-reactive ketones (excluding diaryl/α,β-unsaturated/α-hetero) is 1. The van der Waals surface area contributed by atoms with Crippen molar-refractivity contribution in [3.8, 4) is 0 Å². The number of rotatable bonds is 6. The number of esters is 1. The van der Waals surface area contributed by atoms with Crippen LogP contribution in [0.25, 0.3) is 0 Å². The molecule has 37 heavy (non-hydrogen) atoms. The van der Waals surface area contributed by atoms with Crippen LogP contribution in [0, 0.1) is 17.8 Å². The first kappa shape index (κ1) is 26.5. The first-order valence-electron chi connectivity index (χ1n) is 12.7. The fourth-order valence-corrected chi connectivity index (χ4v) is 7.71. The average molecular weight is 591 g/mol. The Morgan fingerprint density at radius 3 is 2.59 bits per heavy atom. The molecule has 3 atom stereocenters. The van der Waals surface area contributed by atoms with E-state index in [-0.39, 0.29) is 42.8 Å². The van der Waals surface area contributed by atoms with Gasteiger partial charge in [0.15, 0.2) is 5.78 Å². The molecular formula is C28H32BrNO6S. The maximum Gasteiger partial charge on any atom is 0.311 e. The number of carbonyl (C=O) groups is 3. The molecule has 0 bridgehead atoms. The Bertz CT molecular complexity index is 1210. The summed E-state index contributed by atoms with van der Waals surface area (Å²) < 4.78 is 18.0. The van der Waals surface area contributed by atoms with Crippen molar-refractivity contribution in [2.24, 2.45) is 10.8 Å². The molecule has 2 fully saturated rings. The van der Waals surface area contributed by atoms with Gasteiger partial charge in [0.25, 0.3) is 0 Å².